The Morgan fingerprint density at radius 1 is 1.16 bits per heavy atom. The first kappa shape index (κ1) is 21.3. The van der Waals surface area contributed by atoms with E-state index in [1.165, 1.54) is 0 Å². The Bertz CT molecular complexity index is 618. The number of halogens is 1. The van der Waals surface area contributed by atoms with Gasteiger partial charge in [-0.15, -0.1) is 24.0 Å². The summed E-state index contributed by atoms with van der Waals surface area (Å²) in [5, 5.41) is 6.47. The highest BCUT2D eigenvalue weighted by atomic mass is 127. The first-order valence-electron chi connectivity index (χ1n) is 8.07. The van der Waals surface area contributed by atoms with Crippen molar-refractivity contribution in [3.8, 4) is 5.75 Å². The predicted molar refractivity (Wildman–Crippen MR) is 110 cm³/mol. The SMILES string of the molecule is CCNC(=NCc1cccc(OCCOC)c1)NCc1ccco1.I. The lowest BCUT2D eigenvalue weighted by atomic mass is 10.2. The number of furan rings is 1. The molecule has 25 heavy (non-hydrogen) atoms. The largest absolute Gasteiger partial charge is 0.491 e. The maximum absolute atomic E-state index is 5.62. The molecule has 1 aromatic heterocycles. The van der Waals surface area contributed by atoms with Crippen LogP contribution in [0.3, 0.4) is 0 Å². The van der Waals surface area contributed by atoms with E-state index in [-0.39, 0.29) is 24.0 Å². The first-order chi connectivity index (χ1) is 11.8. The highest BCUT2D eigenvalue weighted by Crippen LogP contribution is 2.14. The van der Waals surface area contributed by atoms with Crippen LogP contribution < -0.4 is 15.4 Å². The van der Waals surface area contributed by atoms with Crippen LogP contribution >= 0.6 is 24.0 Å². The van der Waals surface area contributed by atoms with E-state index in [0.29, 0.717) is 26.3 Å². The Morgan fingerprint density at radius 2 is 2.04 bits per heavy atom. The van der Waals surface area contributed by atoms with E-state index in [1.54, 1.807) is 13.4 Å². The lowest BCUT2D eigenvalue weighted by Crippen LogP contribution is -2.36. The van der Waals surface area contributed by atoms with E-state index >= 15 is 0 Å². The van der Waals surface area contributed by atoms with Crippen LogP contribution in [0.4, 0.5) is 0 Å². The molecule has 0 saturated heterocycles. The van der Waals surface area contributed by atoms with Gasteiger partial charge in [0.1, 0.15) is 18.1 Å². The second-order valence-corrected chi connectivity index (χ2v) is 5.12. The van der Waals surface area contributed by atoms with Gasteiger partial charge in [-0.05, 0) is 36.8 Å². The Hall–Kier alpha value is -1.74. The van der Waals surface area contributed by atoms with Gasteiger partial charge in [-0.3, -0.25) is 0 Å². The van der Waals surface area contributed by atoms with Crippen molar-refractivity contribution >= 4 is 29.9 Å². The van der Waals surface area contributed by atoms with E-state index in [2.05, 4.69) is 15.6 Å². The summed E-state index contributed by atoms with van der Waals surface area (Å²) in [5.41, 5.74) is 1.08. The minimum Gasteiger partial charge on any atom is -0.491 e. The molecule has 7 heteroatoms. The maximum atomic E-state index is 5.62. The zero-order chi connectivity index (χ0) is 17.0. The molecule has 2 aromatic rings. The third-order valence-corrected chi connectivity index (χ3v) is 3.23. The normalized spacial score (nSPS) is 10.9. The zero-order valence-electron chi connectivity index (χ0n) is 14.7. The van der Waals surface area contributed by atoms with Crippen molar-refractivity contribution in [3.63, 3.8) is 0 Å². The quantitative estimate of drug-likeness (QED) is 0.261. The first-order valence-corrected chi connectivity index (χ1v) is 8.07. The van der Waals surface area contributed by atoms with Crippen LogP contribution in [0.2, 0.25) is 0 Å². The number of aliphatic imine (C=N–C) groups is 1. The summed E-state index contributed by atoms with van der Waals surface area (Å²) < 4.78 is 15.9. The molecule has 0 aliphatic carbocycles. The number of hydrogen-bond donors (Lipinski definition) is 2. The lowest BCUT2D eigenvalue weighted by molar-refractivity contribution is 0.146. The van der Waals surface area contributed by atoms with Crippen LogP contribution in [0.5, 0.6) is 5.75 Å². The number of methoxy groups -OCH3 is 1. The lowest BCUT2D eigenvalue weighted by Gasteiger charge is -2.10. The predicted octanol–water partition coefficient (Wildman–Crippen LogP) is 3.18. The zero-order valence-corrected chi connectivity index (χ0v) is 17.0. The third kappa shape index (κ3) is 8.26. The molecule has 1 heterocycles. The Morgan fingerprint density at radius 3 is 2.76 bits per heavy atom. The molecule has 0 fully saturated rings. The van der Waals surface area contributed by atoms with Crippen molar-refractivity contribution in [3.05, 3.63) is 54.0 Å². The van der Waals surface area contributed by atoms with Gasteiger partial charge in [0.25, 0.3) is 0 Å². The summed E-state index contributed by atoms with van der Waals surface area (Å²) in [4.78, 5) is 4.59. The molecule has 0 atom stereocenters. The van der Waals surface area contributed by atoms with Crippen molar-refractivity contribution in [2.45, 2.75) is 20.0 Å². The molecule has 0 radical (unpaired) electrons. The van der Waals surface area contributed by atoms with Gasteiger partial charge >= 0.3 is 0 Å². The molecule has 0 saturated carbocycles. The molecule has 2 N–H and O–H groups in total. The van der Waals surface area contributed by atoms with Crippen LogP contribution in [0.1, 0.15) is 18.2 Å². The van der Waals surface area contributed by atoms with Crippen LogP contribution in [-0.4, -0.2) is 32.8 Å². The summed E-state index contributed by atoms with van der Waals surface area (Å²) in [7, 11) is 1.66. The fourth-order valence-corrected chi connectivity index (χ4v) is 2.07. The molecule has 1 aromatic carbocycles. The smallest absolute Gasteiger partial charge is 0.191 e. The van der Waals surface area contributed by atoms with Crippen molar-refractivity contribution < 1.29 is 13.9 Å². The van der Waals surface area contributed by atoms with Crippen molar-refractivity contribution in [1.29, 1.82) is 0 Å². The minimum atomic E-state index is 0. The van der Waals surface area contributed by atoms with E-state index in [4.69, 9.17) is 13.9 Å². The molecule has 0 aliphatic heterocycles. The average molecular weight is 459 g/mol. The molecule has 2 rings (SSSR count). The molecule has 6 nitrogen and oxygen atoms in total. The Labute approximate surface area is 166 Å². The number of hydrogen-bond acceptors (Lipinski definition) is 4. The fraction of sp³-hybridized carbons (Fsp3) is 0.389. The van der Waals surface area contributed by atoms with Crippen LogP contribution in [0.25, 0.3) is 0 Å². The highest BCUT2D eigenvalue weighted by Gasteiger charge is 2.01. The summed E-state index contributed by atoms with van der Waals surface area (Å²) in [6.45, 7) is 5.10. The van der Waals surface area contributed by atoms with Gasteiger partial charge in [-0.1, -0.05) is 12.1 Å². The molecule has 0 spiro atoms. The van der Waals surface area contributed by atoms with E-state index in [1.807, 2.05) is 43.3 Å². The minimum absolute atomic E-state index is 0. The number of benzene rings is 1. The Kier molecular flexibility index (Phi) is 10.7. The molecule has 0 amide bonds. The van der Waals surface area contributed by atoms with Gasteiger partial charge in [0.15, 0.2) is 5.96 Å². The molecule has 0 bridgehead atoms. The van der Waals surface area contributed by atoms with Gasteiger partial charge in [0.2, 0.25) is 0 Å². The van der Waals surface area contributed by atoms with Gasteiger partial charge in [0, 0.05) is 13.7 Å². The van der Waals surface area contributed by atoms with Gasteiger partial charge < -0.3 is 24.5 Å². The number of rotatable bonds is 9. The molecule has 0 unspecified atom stereocenters. The summed E-state index contributed by atoms with van der Waals surface area (Å²) in [6, 6.07) is 11.7. The monoisotopic (exact) mass is 459 g/mol. The average Bonchev–Trinajstić information content (AvgIpc) is 3.11. The van der Waals surface area contributed by atoms with Gasteiger partial charge in [-0.25, -0.2) is 4.99 Å². The molecule has 0 aliphatic rings. The number of nitrogens with one attached hydrogen (secondary N) is 2. The number of nitrogens with zero attached hydrogens (tertiary/aromatic N) is 1. The topological polar surface area (TPSA) is 68.0 Å². The van der Waals surface area contributed by atoms with Crippen LogP contribution in [0, 0.1) is 0 Å². The van der Waals surface area contributed by atoms with E-state index in [9.17, 15) is 0 Å². The van der Waals surface area contributed by atoms with E-state index in [0.717, 1.165) is 29.6 Å². The van der Waals surface area contributed by atoms with Crippen molar-refractivity contribution in [2.24, 2.45) is 4.99 Å². The van der Waals surface area contributed by atoms with Crippen molar-refractivity contribution in [2.75, 3.05) is 26.9 Å². The maximum Gasteiger partial charge on any atom is 0.191 e. The highest BCUT2D eigenvalue weighted by molar-refractivity contribution is 14.0. The molecular formula is C18H26IN3O3. The number of guanidine groups is 1. The van der Waals surface area contributed by atoms with E-state index < -0.39 is 0 Å². The van der Waals surface area contributed by atoms with Crippen molar-refractivity contribution in [1.82, 2.24) is 10.6 Å². The third-order valence-electron chi connectivity index (χ3n) is 3.23. The second kappa shape index (κ2) is 12.6. The summed E-state index contributed by atoms with van der Waals surface area (Å²) >= 11 is 0. The standard InChI is InChI=1S/C18H25N3O3.HI/c1-3-19-18(21-14-17-8-5-9-23-17)20-13-15-6-4-7-16(12-15)24-11-10-22-2;/h4-9,12H,3,10-11,13-14H2,1-2H3,(H2,19,20,21);1H. The van der Waals surface area contributed by atoms with Gasteiger partial charge in [-0.2, -0.15) is 0 Å². The second-order valence-electron chi connectivity index (χ2n) is 5.12. The Balaban J connectivity index is 0.00000312. The van der Waals surface area contributed by atoms with Gasteiger partial charge in [0.05, 0.1) is 26.0 Å². The molecular weight excluding hydrogens is 433 g/mol. The van der Waals surface area contributed by atoms with Crippen LogP contribution in [0.15, 0.2) is 52.1 Å². The van der Waals surface area contributed by atoms with Crippen LogP contribution in [-0.2, 0) is 17.8 Å². The summed E-state index contributed by atoms with van der Waals surface area (Å²) in [6.07, 6.45) is 1.66. The number of ether oxygens (including phenoxy) is 2. The summed E-state index contributed by atoms with van der Waals surface area (Å²) in [5.74, 6) is 2.45. The fourth-order valence-electron chi connectivity index (χ4n) is 2.07. The molecule has 138 valence electrons.